The van der Waals surface area contributed by atoms with E-state index in [1.165, 1.54) is 16.4 Å². The second kappa shape index (κ2) is 8.67. The van der Waals surface area contributed by atoms with Crippen molar-refractivity contribution in [2.45, 2.75) is 43.6 Å². The van der Waals surface area contributed by atoms with E-state index < -0.39 is 15.8 Å². The van der Waals surface area contributed by atoms with Crippen LogP contribution in [0.4, 0.5) is 4.39 Å². The lowest BCUT2D eigenvalue weighted by Crippen LogP contribution is -2.50. The minimum absolute atomic E-state index is 0.0124. The summed E-state index contributed by atoms with van der Waals surface area (Å²) >= 11 is 0. The number of piperidine rings is 2. The normalized spacial score (nSPS) is 24.7. The number of ether oxygens (including phenoxy) is 1. The summed E-state index contributed by atoms with van der Waals surface area (Å²) in [5, 5.41) is 0. The molecule has 27 heavy (non-hydrogen) atoms. The number of carbonyl (C=O) groups is 1. The molecule has 8 heteroatoms. The first-order valence-corrected chi connectivity index (χ1v) is 11.0. The van der Waals surface area contributed by atoms with Crippen LogP contribution in [0.5, 0.6) is 0 Å². The maximum absolute atomic E-state index is 13.1. The summed E-state index contributed by atoms with van der Waals surface area (Å²) in [4.78, 5) is 14.8. The third-order valence-corrected chi connectivity index (χ3v) is 7.16. The predicted molar refractivity (Wildman–Crippen MR) is 99.1 cm³/mol. The standard InChI is InChI=1S/C19H27FN2O4S/c1-2-26-17-6-4-11-21(14-17)19(23)15-5-3-12-22(13-15)27(24,25)18-9-7-16(20)8-10-18/h7-10,15,17H,2-6,11-14H2,1H3. The van der Waals surface area contributed by atoms with E-state index in [0.717, 1.165) is 25.0 Å². The Morgan fingerprint density at radius 2 is 1.85 bits per heavy atom. The Bertz CT molecular complexity index is 751. The molecule has 2 aliphatic heterocycles. The SMILES string of the molecule is CCOC1CCCN(C(=O)C2CCCN(S(=O)(=O)c3ccc(F)cc3)C2)C1. The Morgan fingerprint density at radius 1 is 1.15 bits per heavy atom. The summed E-state index contributed by atoms with van der Waals surface area (Å²) < 4.78 is 45.8. The van der Waals surface area contributed by atoms with Crippen molar-refractivity contribution in [3.05, 3.63) is 30.1 Å². The molecule has 3 rings (SSSR count). The van der Waals surface area contributed by atoms with Crippen LogP contribution in [0.25, 0.3) is 0 Å². The van der Waals surface area contributed by atoms with Gasteiger partial charge in [0.15, 0.2) is 0 Å². The van der Waals surface area contributed by atoms with Gasteiger partial charge >= 0.3 is 0 Å². The molecule has 0 saturated carbocycles. The number of hydrogen-bond donors (Lipinski definition) is 0. The Balaban J connectivity index is 1.68. The molecule has 1 aromatic rings. The Morgan fingerprint density at radius 3 is 2.56 bits per heavy atom. The van der Waals surface area contributed by atoms with Gasteiger partial charge in [0, 0.05) is 32.8 Å². The van der Waals surface area contributed by atoms with Gasteiger partial charge in [0.1, 0.15) is 5.82 Å². The van der Waals surface area contributed by atoms with Crippen LogP contribution in [-0.2, 0) is 19.6 Å². The summed E-state index contributed by atoms with van der Waals surface area (Å²) in [5.74, 6) is -0.803. The topological polar surface area (TPSA) is 66.9 Å². The molecule has 0 bridgehead atoms. The van der Waals surface area contributed by atoms with Gasteiger partial charge in [-0.3, -0.25) is 4.79 Å². The van der Waals surface area contributed by atoms with Crippen molar-refractivity contribution in [1.29, 1.82) is 0 Å². The van der Waals surface area contributed by atoms with Crippen molar-refractivity contribution in [2.24, 2.45) is 5.92 Å². The van der Waals surface area contributed by atoms with Gasteiger partial charge in [0.25, 0.3) is 0 Å². The van der Waals surface area contributed by atoms with Crippen LogP contribution >= 0.6 is 0 Å². The fourth-order valence-corrected chi connectivity index (χ4v) is 5.41. The molecule has 0 radical (unpaired) electrons. The van der Waals surface area contributed by atoms with Crippen molar-refractivity contribution >= 4 is 15.9 Å². The molecule has 150 valence electrons. The minimum atomic E-state index is -3.72. The third kappa shape index (κ3) is 4.67. The van der Waals surface area contributed by atoms with Gasteiger partial charge in [-0.05, 0) is 56.9 Å². The number of likely N-dealkylation sites (tertiary alicyclic amines) is 1. The molecule has 2 unspecified atom stereocenters. The molecule has 0 spiro atoms. The number of sulfonamides is 1. The molecule has 2 fully saturated rings. The average molecular weight is 399 g/mol. The largest absolute Gasteiger partial charge is 0.377 e. The van der Waals surface area contributed by atoms with Gasteiger partial charge in [-0.2, -0.15) is 4.31 Å². The van der Waals surface area contributed by atoms with Crippen LogP contribution in [0.15, 0.2) is 29.2 Å². The summed E-state index contributed by atoms with van der Waals surface area (Å²) in [5.41, 5.74) is 0. The average Bonchev–Trinajstić information content (AvgIpc) is 2.68. The van der Waals surface area contributed by atoms with E-state index in [1.54, 1.807) is 0 Å². The van der Waals surface area contributed by atoms with Gasteiger partial charge in [0.2, 0.25) is 15.9 Å². The fourth-order valence-electron chi connectivity index (χ4n) is 3.89. The maximum Gasteiger partial charge on any atom is 0.243 e. The van der Waals surface area contributed by atoms with E-state index in [2.05, 4.69) is 0 Å². The number of rotatable bonds is 5. The second-order valence-corrected chi connectivity index (χ2v) is 9.10. The van der Waals surface area contributed by atoms with Gasteiger partial charge in [-0.15, -0.1) is 0 Å². The van der Waals surface area contributed by atoms with Crippen LogP contribution in [0.2, 0.25) is 0 Å². The van der Waals surface area contributed by atoms with Crippen molar-refractivity contribution in [3.63, 3.8) is 0 Å². The molecule has 2 atom stereocenters. The molecule has 6 nitrogen and oxygen atoms in total. The van der Waals surface area contributed by atoms with Gasteiger partial charge < -0.3 is 9.64 Å². The Kier molecular flexibility index (Phi) is 6.49. The monoisotopic (exact) mass is 398 g/mol. The summed E-state index contributed by atoms with van der Waals surface area (Å²) in [6, 6.07) is 4.82. The van der Waals surface area contributed by atoms with Gasteiger partial charge in [-0.25, -0.2) is 12.8 Å². The zero-order chi connectivity index (χ0) is 19.4. The number of halogens is 1. The number of benzene rings is 1. The minimum Gasteiger partial charge on any atom is -0.377 e. The van der Waals surface area contributed by atoms with Crippen LogP contribution in [-0.4, -0.2) is 62.4 Å². The Labute approximate surface area is 160 Å². The molecular formula is C19H27FN2O4S. The van der Waals surface area contributed by atoms with Crippen molar-refractivity contribution in [1.82, 2.24) is 9.21 Å². The number of nitrogens with zero attached hydrogens (tertiary/aromatic N) is 2. The van der Waals surface area contributed by atoms with Crippen LogP contribution in [0.1, 0.15) is 32.6 Å². The van der Waals surface area contributed by atoms with Crippen LogP contribution in [0.3, 0.4) is 0 Å². The highest BCUT2D eigenvalue weighted by atomic mass is 32.2. The quantitative estimate of drug-likeness (QED) is 0.763. The number of amides is 1. The van der Waals surface area contributed by atoms with Crippen molar-refractivity contribution in [2.75, 3.05) is 32.8 Å². The maximum atomic E-state index is 13.1. The molecule has 2 saturated heterocycles. The zero-order valence-electron chi connectivity index (χ0n) is 15.6. The van der Waals surface area contributed by atoms with Crippen molar-refractivity contribution in [3.8, 4) is 0 Å². The highest BCUT2D eigenvalue weighted by molar-refractivity contribution is 7.89. The van der Waals surface area contributed by atoms with E-state index in [0.29, 0.717) is 39.1 Å². The Hall–Kier alpha value is -1.51. The lowest BCUT2D eigenvalue weighted by atomic mass is 9.96. The second-order valence-electron chi connectivity index (χ2n) is 7.16. The van der Waals surface area contributed by atoms with Gasteiger partial charge in [-0.1, -0.05) is 0 Å². The van der Waals surface area contributed by atoms with Crippen LogP contribution < -0.4 is 0 Å². The summed E-state index contributed by atoms with van der Waals surface area (Å²) in [6.45, 7) is 4.40. The van der Waals surface area contributed by atoms with Crippen LogP contribution in [0, 0.1) is 11.7 Å². The molecule has 1 amide bonds. The van der Waals surface area contributed by atoms with E-state index in [4.69, 9.17) is 4.74 Å². The summed E-state index contributed by atoms with van der Waals surface area (Å²) in [7, 11) is -3.72. The van der Waals surface area contributed by atoms with E-state index in [-0.39, 0.29) is 29.4 Å². The third-order valence-electron chi connectivity index (χ3n) is 5.28. The van der Waals surface area contributed by atoms with E-state index >= 15 is 0 Å². The summed E-state index contributed by atoms with van der Waals surface area (Å²) in [6.07, 6.45) is 3.24. The molecular weight excluding hydrogens is 371 g/mol. The van der Waals surface area contributed by atoms with E-state index in [1.807, 2.05) is 11.8 Å². The zero-order valence-corrected chi connectivity index (χ0v) is 16.5. The molecule has 0 N–H and O–H groups in total. The van der Waals surface area contributed by atoms with E-state index in [9.17, 15) is 17.6 Å². The molecule has 0 aliphatic carbocycles. The molecule has 2 heterocycles. The first-order valence-electron chi connectivity index (χ1n) is 9.58. The number of hydrogen-bond acceptors (Lipinski definition) is 4. The smallest absolute Gasteiger partial charge is 0.243 e. The van der Waals surface area contributed by atoms with Gasteiger partial charge in [0.05, 0.1) is 16.9 Å². The highest BCUT2D eigenvalue weighted by Gasteiger charge is 2.36. The van der Waals surface area contributed by atoms with Crippen molar-refractivity contribution < 1.29 is 22.3 Å². The molecule has 0 aromatic heterocycles. The predicted octanol–water partition coefficient (Wildman–Crippen LogP) is 2.25. The lowest BCUT2D eigenvalue weighted by molar-refractivity contribution is -0.140. The highest BCUT2D eigenvalue weighted by Crippen LogP contribution is 2.26. The number of carbonyl (C=O) groups excluding carboxylic acids is 1. The first kappa shape index (κ1) is 20.2. The molecule has 1 aromatic carbocycles. The molecule has 2 aliphatic rings. The lowest BCUT2D eigenvalue weighted by Gasteiger charge is -2.37. The first-order chi connectivity index (χ1) is 12.9. The fraction of sp³-hybridized carbons (Fsp3) is 0.632.